The van der Waals surface area contributed by atoms with Gasteiger partial charge >= 0.3 is 0 Å². The minimum Gasteiger partial charge on any atom is -0.506 e. The van der Waals surface area contributed by atoms with Gasteiger partial charge in [-0.25, -0.2) is 4.98 Å². The average molecular weight is 234 g/mol. The molecule has 0 bridgehead atoms. The first-order valence-corrected chi connectivity index (χ1v) is 5.82. The van der Waals surface area contributed by atoms with E-state index < -0.39 is 0 Å². The fourth-order valence-corrected chi connectivity index (χ4v) is 2.49. The summed E-state index contributed by atoms with van der Waals surface area (Å²) in [6.07, 6.45) is 3.86. The van der Waals surface area contributed by atoms with E-state index >= 15 is 0 Å². The molecule has 0 unspecified atom stereocenters. The lowest BCUT2D eigenvalue weighted by Crippen LogP contribution is -1.91. The molecule has 86 valence electrons. The fraction of sp³-hybridized carbons (Fsp3) is 0. The van der Waals surface area contributed by atoms with Crippen molar-refractivity contribution in [3.8, 4) is 17.0 Å². The molecule has 0 saturated carbocycles. The molecule has 2 aliphatic heterocycles. The van der Waals surface area contributed by atoms with E-state index in [0.29, 0.717) is 0 Å². The van der Waals surface area contributed by atoms with Crippen molar-refractivity contribution in [2.45, 2.75) is 0 Å². The summed E-state index contributed by atoms with van der Waals surface area (Å²) >= 11 is 0. The average Bonchev–Trinajstić information content (AvgIpc) is 2.77. The Balaban J connectivity index is 2.29. The van der Waals surface area contributed by atoms with Crippen LogP contribution in [-0.2, 0) is 0 Å². The molecule has 3 heterocycles. The highest BCUT2D eigenvalue weighted by Gasteiger charge is 2.16. The zero-order valence-electron chi connectivity index (χ0n) is 9.54. The molecule has 0 fully saturated rings. The maximum absolute atomic E-state index is 10.0. The predicted molar refractivity (Wildman–Crippen MR) is 71.0 cm³/mol. The second-order valence-corrected chi connectivity index (χ2v) is 4.36. The summed E-state index contributed by atoms with van der Waals surface area (Å²) in [5.74, 6) is 0.255. The molecule has 1 aromatic heterocycles. The van der Waals surface area contributed by atoms with Crippen molar-refractivity contribution in [2.24, 2.45) is 0 Å². The summed E-state index contributed by atoms with van der Waals surface area (Å²) in [5.41, 5.74) is 3.64. The third-order valence-corrected chi connectivity index (χ3v) is 3.31. The number of nitrogens with zero attached hydrogens (tertiary/aromatic N) is 2. The van der Waals surface area contributed by atoms with Crippen molar-refractivity contribution in [3.05, 3.63) is 54.9 Å². The summed E-state index contributed by atoms with van der Waals surface area (Å²) in [6.45, 7) is 0. The largest absolute Gasteiger partial charge is 0.506 e. The molecule has 3 heteroatoms. The second kappa shape index (κ2) is 3.23. The topological polar surface area (TPSA) is 37.5 Å². The molecule has 0 atom stereocenters. The molecule has 1 aromatic carbocycles. The van der Waals surface area contributed by atoms with E-state index in [1.165, 1.54) is 0 Å². The van der Waals surface area contributed by atoms with Crippen molar-refractivity contribution < 1.29 is 5.11 Å². The van der Waals surface area contributed by atoms with E-state index in [1.54, 1.807) is 6.07 Å². The molecule has 18 heavy (non-hydrogen) atoms. The van der Waals surface area contributed by atoms with Gasteiger partial charge in [0.2, 0.25) is 0 Å². The Kier molecular flexibility index (Phi) is 1.70. The molecular weight excluding hydrogens is 224 g/mol. The van der Waals surface area contributed by atoms with Gasteiger partial charge in [-0.2, -0.15) is 0 Å². The van der Waals surface area contributed by atoms with E-state index in [1.807, 2.05) is 47.1 Å². The second-order valence-electron chi connectivity index (χ2n) is 4.36. The Morgan fingerprint density at radius 1 is 0.944 bits per heavy atom. The van der Waals surface area contributed by atoms with Crippen molar-refractivity contribution in [3.63, 3.8) is 0 Å². The quantitative estimate of drug-likeness (QED) is 0.507. The summed E-state index contributed by atoms with van der Waals surface area (Å²) in [7, 11) is 0. The normalized spacial score (nSPS) is 11.6. The number of fused-ring (bicyclic) bond motifs is 5. The number of benzene rings is 1. The van der Waals surface area contributed by atoms with Crippen LogP contribution < -0.4 is 0 Å². The van der Waals surface area contributed by atoms with Crippen molar-refractivity contribution in [1.29, 1.82) is 0 Å². The van der Waals surface area contributed by atoms with Gasteiger partial charge in [-0.05, 0) is 24.3 Å². The lowest BCUT2D eigenvalue weighted by Gasteiger charge is -2.07. The van der Waals surface area contributed by atoms with Crippen LogP contribution in [0, 0.1) is 0 Å². The van der Waals surface area contributed by atoms with Crippen LogP contribution in [0.5, 0.6) is 5.75 Å². The fourth-order valence-electron chi connectivity index (χ4n) is 2.49. The SMILES string of the molecule is Oc1cccn2ccc3c4ccccc4nc-3c12. The number of para-hydroxylation sites is 1. The van der Waals surface area contributed by atoms with Crippen LogP contribution in [0.2, 0.25) is 0 Å². The third kappa shape index (κ3) is 1.10. The van der Waals surface area contributed by atoms with Gasteiger partial charge < -0.3 is 9.51 Å². The molecule has 0 amide bonds. The predicted octanol–water partition coefficient (Wildman–Crippen LogP) is 3.30. The molecular formula is C15H10N2O. The number of hydrogen-bond acceptors (Lipinski definition) is 2. The van der Waals surface area contributed by atoms with E-state index in [0.717, 1.165) is 27.7 Å². The lowest BCUT2D eigenvalue weighted by atomic mass is 10.1. The van der Waals surface area contributed by atoms with Gasteiger partial charge in [0.05, 0.1) is 11.2 Å². The molecule has 4 rings (SSSR count). The first kappa shape index (κ1) is 9.48. The van der Waals surface area contributed by atoms with Crippen LogP contribution in [-0.4, -0.2) is 14.5 Å². The van der Waals surface area contributed by atoms with Gasteiger partial charge in [-0.15, -0.1) is 0 Å². The number of rotatable bonds is 0. The zero-order chi connectivity index (χ0) is 12.1. The number of hydrogen-bond donors (Lipinski definition) is 1. The Hall–Kier alpha value is -2.55. The highest BCUT2D eigenvalue weighted by molar-refractivity contribution is 6.02. The van der Waals surface area contributed by atoms with Crippen molar-refractivity contribution in [2.75, 3.05) is 0 Å². The lowest BCUT2D eigenvalue weighted by molar-refractivity contribution is 0.479. The maximum atomic E-state index is 10.0. The number of pyridine rings is 2. The summed E-state index contributed by atoms with van der Waals surface area (Å²) < 4.78 is 1.89. The molecule has 0 spiro atoms. The molecule has 0 saturated heterocycles. The van der Waals surface area contributed by atoms with Gasteiger partial charge in [0.15, 0.2) is 0 Å². The molecule has 2 aliphatic rings. The number of aromatic nitrogens is 2. The summed E-state index contributed by atoms with van der Waals surface area (Å²) in [6, 6.07) is 13.6. The van der Waals surface area contributed by atoms with Crippen molar-refractivity contribution in [1.82, 2.24) is 9.38 Å². The highest BCUT2D eigenvalue weighted by Crippen LogP contribution is 2.36. The van der Waals surface area contributed by atoms with Gasteiger partial charge in [0, 0.05) is 23.3 Å². The third-order valence-electron chi connectivity index (χ3n) is 3.31. The first-order valence-electron chi connectivity index (χ1n) is 5.82. The molecule has 2 aromatic rings. The van der Waals surface area contributed by atoms with E-state index in [4.69, 9.17) is 0 Å². The molecule has 1 N–H and O–H groups in total. The Labute approximate surface area is 103 Å². The van der Waals surface area contributed by atoms with Gasteiger partial charge in [-0.1, -0.05) is 18.2 Å². The Morgan fingerprint density at radius 2 is 1.83 bits per heavy atom. The monoisotopic (exact) mass is 234 g/mol. The van der Waals surface area contributed by atoms with Crippen molar-refractivity contribution >= 4 is 16.4 Å². The summed E-state index contributed by atoms with van der Waals surface area (Å²) in [4.78, 5) is 4.62. The van der Waals surface area contributed by atoms with Crippen LogP contribution >= 0.6 is 0 Å². The highest BCUT2D eigenvalue weighted by atomic mass is 16.3. The van der Waals surface area contributed by atoms with E-state index in [-0.39, 0.29) is 5.75 Å². The molecule has 0 aliphatic carbocycles. The van der Waals surface area contributed by atoms with E-state index in [2.05, 4.69) is 11.1 Å². The minimum absolute atomic E-state index is 0.255. The van der Waals surface area contributed by atoms with Crippen LogP contribution in [0.4, 0.5) is 0 Å². The van der Waals surface area contributed by atoms with E-state index in [9.17, 15) is 5.11 Å². The van der Waals surface area contributed by atoms with Crippen LogP contribution in [0.15, 0.2) is 54.9 Å². The molecule has 0 radical (unpaired) electrons. The molecule has 3 nitrogen and oxygen atoms in total. The van der Waals surface area contributed by atoms with Crippen LogP contribution in [0.25, 0.3) is 27.7 Å². The maximum Gasteiger partial charge on any atom is 0.141 e. The zero-order valence-corrected chi connectivity index (χ0v) is 9.54. The summed E-state index contributed by atoms with van der Waals surface area (Å²) in [5, 5.41) is 11.2. The standard InChI is InChI=1S/C15H10N2O/c18-13-6-3-8-17-9-7-11-10-4-1-2-5-12(10)16-14(11)15(13)17/h1-9,18H. The number of aromatic hydroxyl groups is 1. The first-order chi connectivity index (χ1) is 8.84. The van der Waals surface area contributed by atoms with Crippen LogP contribution in [0.3, 0.4) is 0 Å². The Bertz CT molecular complexity index is 848. The minimum atomic E-state index is 0.255. The van der Waals surface area contributed by atoms with Gasteiger partial charge in [-0.3, -0.25) is 0 Å². The van der Waals surface area contributed by atoms with Crippen LogP contribution in [0.1, 0.15) is 0 Å². The smallest absolute Gasteiger partial charge is 0.141 e. The van der Waals surface area contributed by atoms with Gasteiger partial charge in [0.1, 0.15) is 11.3 Å². The Morgan fingerprint density at radius 3 is 2.78 bits per heavy atom. The van der Waals surface area contributed by atoms with Gasteiger partial charge in [0.25, 0.3) is 0 Å².